The summed E-state index contributed by atoms with van der Waals surface area (Å²) in [4.78, 5) is 0. The number of aryl methyl sites for hydroxylation is 1. The summed E-state index contributed by atoms with van der Waals surface area (Å²) >= 11 is 0. The zero-order valence-electron chi connectivity index (χ0n) is 24.9. The van der Waals surface area contributed by atoms with Crippen molar-refractivity contribution in [2.75, 3.05) is 6.54 Å². The third-order valence-corrected chi connectivity index (χ3v) is 8.50. The third kappa shape index (κ3) is 9.06. The normalized spacial score (nSPS) is 16.0. The number of benzene rings is 2. The van der Waals surface area contributed by atoms with Gasteiger partial charge in [-0.15, -0.1) is 0 Å². The second kappa shape index (κ2) is 14.6. The number of nitrogens with zero attached hydrogens (tertiary/aromatic N) is 2. The first-order valence-electron chi connectivity index (χ1n) is 14.3. The maximum Gasteiger partial charge on any atom is 0.485 e. The van der Waals surface area contributed by atoms with Crippen LogP contribution in [0.2, 0.25) is 0 Å². The van der Waals surface area contributed by atoms with E-state index in [0.29, 0.717) is 0 Å². The van der Waals surface area contributed by atoms with Gasteiger partial charge in [0, 0.05) is 37.0 Å². The van der Waals surface area contributed by atoms with Gasteiger partial charge in [0.25, 0.3) is 0 Å². The van der Waals surface area contributed by atoms with E-state index < -0.39 is 31.3 Å². The van der Waals surface area contributed by atoms with Gasteiger partial charge in [0.1, 0.15) is 12.8 Å². The molecule has 0 spiro atoms. The van der Waals surface area contributed by atoms with Crippen molar-refractivity contribution < 1.29 is 61.1 Å². The van der Waals surface area contributed by atoms with Gasteiger partial charge >= 0.3 is 11.0 Å². The minimum atomic E-state index is -6.09. The molecule has 8 nitrogen and oxygen atoms in total. The predicted octanol–water partition coefficient (Wildman–Crippen LogP) is 4.81. The molecule has 1 aromatic heterocycles. The Morgan fingerprint density at radius 1 is 0.729 bits per heavy atom. The number of aromatic nitrogens is 1. The molecule has 0 atom stereocenters. The topological polar surface area (TPSA) is 123 Å². The number of rotatable bonds is 2. The fourth-order valence-electron chi connectivity index (χ4n) is 5.31. The van der Waals surface area contributed by atoms with Crippen LogP contribution in [-0.2, 0) is 26.7 Å². The van der Waals surface area contributed by atoms with Gasteiger partial charge in [0.15, 0.2) is 38.3 Å². The van der Waals surface area contributed by atoms with E-state index in [2.05, 4.69) is 106 Å². The van der Waals surface area contributed by atoms with E-state index in [1.165, 1.54) is 69.4 Å². The monoisotopic (exact) mass is 714 g/mol. The minimum absolute atomic E-state index is 1.14. The highest BCUT2D eigenvalue weighted by Gasteiger charge is 2.37. The molecule has 0 fully saturated rings. The molecule has 0 unspecified atom stereocenters. The van der Waals surface area contributed by atoms with Crippen molar-refractivity contribution in [3.05, 3.63) is 117 Å². The summed E-state index contributed by atoms with van der Waals surface area (Å²) in [6.07, 6.45) is 19.6. The van der Waals surface area contributed by atoms with E-state index in [-0.39, 0.29) is 0 Å². The smallest absolute Gasteiger partial charge is 0.485 e. The average molecular weight is 715 g/mol. The Morgan fingerprint density at radius 2 is 1.35 bits per heavy atom. The van der Waals surface area contributed by atoms with Crippen LogP contribution in [0, 0.1) is 16.8 Å². The molecule has 0 amide bonds. The van der Waals surface area contributed by atoms with Crippen LogP contribution in [0.15, 0.2) is 78.5 Å². The summed E-state index contributed by atoms with van der Waals surface area (Å²) in [5, 5.41) is 4.15. The van der Waals surface area contributed by atoms with Crippen molar-refractivity contribution >= 4 is 44.3 Å². The van der Waals surface area contributed by atoms with Crippen molar-refractivity contribution in [3.8, 4) is 0 Å². The van der Waals surface area contributed by atoms with Crippen LogP contribution in [0.25, 0.3) is 17.8 Å². The molecule has 48 heavy (non-hydrogen) atoms. The van der Waals surface area contributed by atoms with Crippen LogP contribution < -0.4 is 9.46 Å². The number of allylic oxidation sites excluding steroid dienone is 2. The van der Waals surface area contributed by atoms with E-state index in [4.69, 9.17) is 25.9 Å². The van der Waals surface area contributed by atoms with E-state index in [1.54, 1.807) is 0 Å². The van der Waals surface area contributed by atoms with Crippen LogP contribution >= 0.6 is 0 Å². The Morgan fingerprint density at radius 3 is 1.98 bits per heavy atom. The lowest BCUT2D eigenvalue weighted by molar-refractivity contribution is -0.519. The van der Waals surface area contributed by atoms with Gasteiger partial charge in [0.2, 0.25) is 5.35 Å². The molecule has 0 saturated heterocycles. The molecule has 3 aliphatic heterocycles. The highest BCUT2D eigenvalue weighted by molar-refractivity contribution is 7.86. The summed E-state index contributed by atoms with van der Waals surface area (Å²) in [6, 6.07) is 21.8. The first kappa shape index (κ1) is 36.7. The Bertz CT molecular complexity index is 2170. The van der Waals surface area contributed by atoms with E-state index >= 15 is 0 Å². The Labute approximate surface area is 271 Å². The highest BCUT2D eigenvalue weighted by Crippen LogP contribution is 2.22. The number of hydrogen-bond acceptors (Lipinski definition) is 6. The predicted molar refractivity (Wildman–Crippen MR) is 162 cm³/mol. The maximum atomic E-state index is 10.7. The van der Waals surface area contributed by atoms with Crippen LogP contribution in [0.3, 0.4) is 0 Å². The fourth-order valence-corrected chi connectivity index (χ4v) is 5.31. The first-order valence-corrected chi connectivity index (χ1v) is 17.1. The van der Waals surface area contributed by atoms with Crippen LogP contribution in [0.4, 0.5) is 26.3 Å². The standard InChI is InChI=1S/C30H28N2.2CHF3O3S/c1-2-9-23(10-3-1)14-15-24-21-26-17-16-25-11-8-20-31-18-6-4-12-27(31)29(25)30(26)28-13-5-7-19-32(28)22-24;2*2-1(3,4)8(5,6)7/h1-3,5,7,9-10,13-19,21-22H,4,6,8,11-12,20H2;2*(H,5,6,7)/q+2;;/p-2. The molecule has 0 aliphatic carbocycles. The molecule has 4 heterocycles. The van der Waals surface area contributed by atoms with Crippen LogP contribution in [-0.4, -0.2) is 54.3 Å². The lowest BCUT2D eigenvalue weighted by atomic mass is 9.97. The molecule has 256 valence electrons. The van der Waals surface area contributed by atoms with Gasteiger partial charge in [-0.25, -0.2) is 21.4 Å². The number of alkyl halides is 6. The maximum absolute atomic E-state index is 10.7. The third-order valence-electron chi connectivity index (χ3n) is 7.36. The summed E-state index contributed by atoms with van der Waals surface area (Å²) < 4.78 is 123. The molecule has 3 aliphatic rings. The lowest BCUT2D eigenvalue weighted by Gasteiger charge is -2.10. The summed E-state index contributed by atoms with van der Waals surface area (Å²) in [6.45, 7) is 1.14. The van der Waals surface area contributed by atoms with Crippen molar-refractivity contribution in [2.24, 2.45) is 0 Å². The zero-order chi connectivity index (χ0) is 35.3. The van der Waals surface area contributed by atoms with Gasteiger partial charge in [-0.1, -0.05) is 48.5 Å². The Hall–Kier alpha value is -4.12. The number of halogens is 6. The summed E-state index contributed by atoms with van der Waals surface area (Å²) in [5.41, 5.74) is -4.53. The average Bonchev–Trinajstić information content (AvgIpc) is 3.29. The molecule has 16 heteroatoms. The van der Waals surface area contributed by atoms with E-state index in [0.717, 1.165) is 13.0 Å². The molecule has 0 radical (unpaired) electrons. The molecule has 0 N–H and O–H groups in total. The zero-order valence-corrected chi connectivity index (χ0v) is 26.5. The fraction of sp³-hybridized carbons (Fsp3) is 0.250. The highest BCUT2D eigenvalue weighted by atomic mass is 32.2. The number of hydrogen-bond donors (Lipinski definition) is 0. The quantitative estimate of drug-likeness (QED) is 0.163. The molecular weight excluding hydrogens is 686 g/mol. The second-order valence-corrected chi connectivity index (χ2v) is 13.4. The van der Waals surface area contributed by atoms with E-state index in [1.807, 2.05) is 0 Å². The second-order valence-electron chi connectivity index (χ2n) is 10.7. The van der Waals surface area contributed by atoms with Crippen molar-refractivity contribution in [2.45, 2.75) is 43.1 Å². The molecule has 0 saturated carbocycles. The molecular formula is C32H28F6N2O6S2. The van der Waals surface area contributed by atoms with Gasteiger partial charge in [-0.05, 0) is 47.8 Å². The molecule has 3 aromatic rings. The number of fused-ring (bicyclic) bond motifs is 5. The SMILES string of the molecule is C(=Cc1ccccc1)C1=Cc2ccc3c(c2=c2cccc[n+]2=C1)=C1CCCC=[N+]1CCC3.O=S(=O)([O-])C(F)(F)F.O=S(=O)([O-])C(F)(F)F. The Kier molecular flexibility index (Phi) is 11.1. The van der Waals surface area contributed by atoms with Gasteiger partial charge < -0.3 is 9.11 Å². The first-order chi connectivity index (χ1) is 22.4. The number of pyridine rings is 1. The van der Waals surface area contributed by atoms with Crippen molar-refractivity contribution in [1.29, 1.82) is 0 Å². The van der Waals surface area contributed by atoms with Gasteiger partial charge in [-0.2, -0.15) is 30.6 Å². The van der Waals surface area contributed by atoms with Crippen molar-refractivity contribution in [3.63, 3.8) is 0 Å². The van der Waals surface area contributed by atoms with Crippen molar-refractivity contribution in [1.82, 2.24) is 0 Å². The van der Waals surface area contributed by atoms with Crippen LogP contribution in [0.5, 0.6) is 0 Å². The summed E-state index contributed by atoms with van der Waals surface area (Å²) in [5.74, 6) is 0. The molecule has 6 rings (SSSR count). The van der Waals surface area contributed by atoms with Gasteiger partial charge in [-0.3, -0.25) is 0 Å². The lowest BCUT2D eigenvalue weighted by Crippen LogP contribution is -2.26. The molecule has 2 aromatic carbocycles. The Balaban J connectivity index is 0.000000272. The minimum Gasteiger partial charge on any atom is -0.741 e. The van der Waals surface area contributed by atoms with E-state index in [9.17, 15) is 26.3 Å². The molecule has 0 bridgehead atoms. The van der Waals surface area contributed by atoms with Gasteiger partial charge in [0.05, 0.1) is 10.4 Å². The van der Waals surface area contributed by atoms with Crippen LogP contribution in [0.1, 0.15) is 42.4 Å². The summed E-state index contributed by atoms with van der Waals surface area (Å²) in [7, 11) is -12.2. The largest absolute Gasteiger partial charge is 0.741 e.